The van der Waals surface area contributed by atoms with Crippen molar-refractivity contribution < 1.29 is 9.84 Å². The Kier molecular flexibility index (Phi) is 3.26. The Balaban J connectivity index is 2.25. The Morgan fingerprint density at radius 1 is 1.83 bits per heavy atom. The summed E-state index contributed by atoms with van der Waals surface area (Å²) in [5, 5.41) is 13.0. The van der Waals surface area contributed by atoms with Crippen molar-refractivity contribution in [2.24, 2.45) is 0 Å². The van der Waals surface area contributed by atoms with Gasteiger partial charge in [0.15, 0.2) is 0 Å². The van der Waals surface area contributed by atoms with E-state index in [9.17, 15) is 5.11 Å². The van der Waals surface area contributed by atoms with Gasteiger partial charge in [0.05, 0.1) is 6.61 Å². The van der Waals surface area contributed by atoms with Gasteiger partial charge >= 0.3 is 0 Å². The van der Waals surface area contributed by atoms with Crippen LogP contribution in [0.15, 0.2) is 12.7 Å². The van der Waals surface area contributed by atoms with Crippen LogP contribution in [0.25, 0.3) is 0 Å². The molecule has 1 fully saturated rings. The summed E-state index contributed by atoms with van der Waals surface area (Å²) in [4.78, 5) is 0. The van der Waals surface area contributed by atoms with Gasteiger partial charge < -0.3 is 15.2 Å². The molecule has 1 heterocycles. The van der Waals surface area contributed by atoms with Gasteiger partial charge in [-0.25, -0.2) is 0 Å². The first-order valence-electron chi connectivity index (χ1n) is 4.32. The van der Waals surface area contributed by atoms with Gasteiger partial charge in [0.25, 0.3) is 0 Å². The van der Waals surface area contributed by atoms with E-state index >= 15 is 0 Å². The van der Waals surface area contributed by atoms with Crippen molar-refractivity contribution in [1.82, 2.24) is 5.32 Å². The molecule has 0 aromatic rings. The van der Waals surface area contributed by atoms with Crippen LogP contribution in [-0.2, 0) is 4.74 Å². The first kappa shape index (κ1) is 9.71. The number of hydrogen-bond acceptors (Lipinski definition) is 3. The van der Waals surface area contributed by atoms with Crippen molar-refractivity contribution in [3.8, 4) is 0 Å². The van der Waals surface area contributed by atoms with E-state index in [1.54, 1.807) is 0 Å². The number of hydrogen-bond donors (Lipinski definition) is 2. The fraction of sp³-hybridized carbons (Fsp3) is 0.778. The van der Waals surface area contributed by atoms with Crippen molar-refractivity contribution in [2.45, 2.75) is 25.0 Å². The van der Waals surface area contributed by atoms with Gasteiger partial charge in [-0.3, -0.25) is 0 Å². The average Bonchev–Trinajstić information content (AvgIpc) is 2.49. The minimum atomic E-state index is -0.655. The predicted molar refractivity (Wildman–Crippen MR) is 48.0 cm³/mol. The summed E-state index contributed by atoms with van der Waals surface area (Å²) in [6, 6.07) is 0.245. The molecular formula is C9H17NO2. The molecule has 1 rings (SSSR count). The summed E-state index contributed by atoms with van der Waals surface area (Å²) in [7, 11) is 0. The normalized spacial score (nSPS) is 31.8. The lowest BCUT2D eigenvalue weighted by Gasteiger charge is -2.22. The van der Waals surface area contributed by atoms with E-state index in [2.05, 4.69) is 11.9 Å². The SMILES string of the molecule is C=CC(C)NCC1(O)CCOC1. The van der Waals surface area contributed by atoms with Crippen LogP contribution in [0.3, 0.4) is 0 Å². The molecule has 1 aliphatic rings. The Hall–Kier alpha value is -0.380. The molecule has 70 valence electrons. The van der Waals surface area contributed by atoms with Gasteiger partial charge in [-0.05, 0) is 6.92 Å². The fourth-order valence-corrected chi connectivity index (χ4v) is 1.17. The highest BCUT2D eigenvalue weighted by Gasteiger charge is 2.31. The molecule has 0 amide bonds. The molecule has 12 heavy (non-hydrogen) atoms. The zero-order chi connectivity index (χ0) is 9.03. The molecule has 3 nitrogen and oxygen atoms in total. The second-order valence-electron chi connectivity index (χ2n) is 3.43. The highest BCUT2D eigenvalue weighted by atomic mass is 16.5. The molecule has 0 aromatic heterocycles. The third-order valence-corrected chi connectivity index (χ3v) is 2.19. The van der Waals surface area contributed by atoms with Gasteiger partial charge in [0.1, 0.15) is 5.60 Å². The molecule has 2 N–H and O–H groups in total. The number of ether oxygens (including phenoxy) is 1. The van der Waals surface area contributed by atoms with E-state index in [0.29, 0.717) is 19.8 Å². The quantitative estimate of drug-likeness (QED) is 0.598. The van der Waals surface area contributed by atoms with E-state index in [1.807, 2.05) is 13.0 Å². The number of aliphatic hydroxyl groups is 1. The van der Waals surface area contributed by atoms with Crippen molar-refractivity contribution in [2.75, 3.05) is 19.8 Å². The topological polar surface area (TPSA) is 41.5 Å². The largest absolute Gasteiger partial charge is 0.386 e. The van der Waals surface area contributed by atoms with Gasteiger partial charge in [-0.15, -0.1) is 6.58 Å². The Morgan fingerprint density at radius 3 is 3.08 bits per heavy atom. The Morgan fingerprint density at radius 2 is 2.58 bits per heavy atom. The summed E-state index contributed by atoms with van der Waals surface area (Å²) < 4.78 is 5.11. The molecule has 1 aliphatic heterocycles. The van der Waals surface area contributed by atoms with Gasteiger partial charge in [-0.1, -0.05) is 6.08 Å². The molecule has 0 spiro atoms. The van der Waals surface area contributed by atoms with E-state index in [1.165, 1.54) is 0 Å². The van der Waals surface area contributed by atoms with Gasteiger partial charge in [0, 0.05) is 25.6 Å². The van der Waals surface area contributed by atoms with Crippen LogP contribution in [0, 0.1) is 0 Å². The van der Waals surface area contributed by atoms with E-state index in [4.69, 9.17) is 4.74 Å². The highest BCUT2D eigenvalue weighted by molar-refractivity contribution is 4.89. The van der Waals surface area contributed by atoms with Gasteiger partial charge in [0.2, 0.25) is 0 Å². The van der Waals surface area contributed by atoms with E-state index < -0.39 is 5.60 Å². The van der Waals surface area contributed by atoms with Crippen molar-refractivity contribution in [3.63, 3.8) is 0 Å². The number of nitrogens with one attached hydrogen (secondary N) is 1. The lowest BCUT2D eigenvalue weighted by atomic mass is 10.0. The fourth-order valence-electron chi connectivity index (χ4n) is 1.17. The van der Waals surface area contributed by atoms with Crippen molar-refractivity contribution in [3.05, 3.63) is 12.7 Å². The van der Waals surface area contributed by atoms with Crippen LogP contribution in [0.2, 0.25) is 0 Å². The highest BCUT2D eigenvalue weighted by Crippen LogP contribution is 2.16. The molecule has 0 aromatic carbocycles. The zero-order valence-electron chi connectivity index (χ0n) is 7.55. The van der Waals surface area contributed by atoms with Crippen LogP contribution in [0.1, 0.15) is 13.3 Å². The maximum absolute atomic E-state index is 9.81. The molecule has 0 saturated carbocycles. The minimum Gasteiger partial charge on any atom is -0.386 e. The molecule has 0 radical (unpaired) electrons. The minimum absolute atomic E-state index is 0.245. The summed E-state index contributed by atoms with van der Waals surface area (Å²) in [5.74, 6) is 0. The standard InChI is InChI=1S/C9H17NO2/c1-3-8(2)10-6-9(11)4-5-12-7-9/h3,8,10-11H,1,4-7H2,2H3. The predicted octanol–water partition coefficient (Wildman–Crippen LogP) is 0.302. The summed E-state index contributed by atoms with van der Waals surface area (Å²) in [6.07, 6.45) is 2.54. The summed E-state index contributed by atoms with van der Waals surface area (Å²) >= 11 is 0. The average molecular weight is 171 g/mol. The molecular weight excluding hydrogens is 154 g/mol. The second kappa shape index (κ2) is 4.03. The lowest BCUT2D eigenvalue weighted by molar-refractivity contribution is 0.0262. The van der Waals surface area contributed by atoms with Crippen LogP contribution >= 0.6 is 0 Å². The molecule has 0 aliphatic carbocycles. The second-order valence-corrected chi connectivity index (χ2v) is 3.43. The molecule has 3 heteroatoms. The number of rotatable bonds is 4. The van der Waals surface area contributed by atoms with Crippen molar-refractivity contribution >= 4 is 0 Å². The van der Waals surface area contributed by atoms with Crippen LogP contribution in [0.4, 0.5) is 0 Å². The summed E-state index contributed by atoms with van der Waals surface area (Å²) in [5.41, 5.74) is -0.655. The van der Waals surface area contributed by atoms with Crippen LogP contribution < -0.4 is 5.32 Å². The maximum Gasteiger partial charge on any atom is 0.103 e. The first-order chi connectivity index (χ1) is 5.66. The van der Waals surface area contributed by atoms with Crippen LogP contribution in [-0.4, -0.2) is 36.5 Å². The summed E-state index contributed by atoms with van der Waals surface area (Å²) in [6.45, 7) is 7.36. The lowest BCUT2D eigenvalue weighted by Crippen LogP contribution is -2.43. The molecule has 1 saturated heterocycles. The first-order valence-corrected chi connectivity index (χ1v) is 4.32. The third kappa shape index (κ3) is 2.59. The van der Waals surface area contributed by atoms with E-state index in [-0.39, 0.29) is 6.04 Å². The Labute approximate surface area is 73.4 Å². The van der Waals surface area contributed by atoms with Crippen molar-refractivity contribution in [1.29, 1.82) is 0 Å². The molecule has 0 bridgehead atoms. The maximum atomic E-state index is 9.81. The molecule has 2 atom stereocenters. The van der Waals surface area contributed by atoms with Gasteiger partial charge in [-0.2, -0.15) is 0 Å². The van der Waals surface area contributed by atoms with E-state index in [0.717, 1.165) is 6.42 Å². The molecule has 2 unspecified atom stereocenters. The smallest absolute Gasteiger partial charge is 0.103 e. The third-order valence-electron chi connectivity index (χ3n) is 2.19. The Bertz CT molecular complexity index is 153. The monoisotopic (exact) mass is 171 g/mol. The van der Waals surface area contributed by atoms with Crippen LogP contribution in [0.5, 0.6) is 0 Å². The zero-order valence-corrected chi connectivity index (χ0v) is 7.55.